The van der Waals surface area contributed by atoms with E-state index in [0.29, 0.717) is 0 Å². The Morgan fingerprint density at radius 3 is 1.86 bits per heavy atom. The van der Waals surface area contributed by atoms with Gasteiger partial charge in [0.1, 0.15) is 0 Å². The van der Waals surface area contributed by atoms with Crippen molar-refractivity contribution in [1.82, 2.24) is 0 Å². The minimum Gasteiger partial charge on any atom is -0.481 e. The van der Waals surface area contributed by atoms with Gasteiger partial charge in [0.25, 0.3) is 10.1 Å². The van der Waals surface area contributed by atoms with Crippen LogP contribution in [-0.4, -0.2) is 68.3 Å². The molecule has 9 heteroatoms. The van der Waals surface area contributed by atoms with Crippen LogP contribution in [-0.2, 0) is 19.7 Å². The normalized spacial score (nSPS) is 15.3. The zero-order valence-electron chi connectivity index (χ0n) is 12.9. The maximum Gasteiger partial charge on any atom is 0.325 e. The van der Waals surface area contributed by atoms with Crippen molar-refractivity contribution in [3.05, 3.63) is 0 Å². The van der Waals surface area contributed by atoms with Crippen molar-refractivity contribution in [3.63, 3.8) is 0 Å². The van der Waals surface area contributed by atoms with Crippen molar-refractivity contribution in [2.45, 2.75) is 54.9 Å². The number of rotatable bonds is 8. The number of hydrogen-bond acceptors (Lipinski definition) is 4. The quantitative estimate of drug-likeness (QED) is 0.454. The molecule has 0 aliphatic heterocycles. The Balaban J connectivity index is 0. The van der Waals surface area contributed by atoms with E-state index < -0.39 is 33.7 Å². The standard InChI is InChI=1S/C8H17.C4H6O7S.Na/c1-4-6-8(3)7-5-2;5-3(6)1-2(4(7)8)12(9,10)11;/h6,8H,4-5,7H2,1-3H3;2H,1H2,(H,5,6)(H,7,8)(H,9,10,11);. The summed E-state index contributed by atoms with van der Waals surface area (Å²) in [6.07, 6.45) is 3.03. The fourth-order valence-electron chi connectivity index (χ4n) is 1.62. The van der Waals surface area contributed by atoms with E-state index in [0.717, 1.165) is 9.09 Å². The minimum atomic E-state index is -4.84. The van der Waals surface area contributed by atoms with Gasteiger partial charge in [-0.15, -0.1) is 0 Å². The van der Waals surface area contributed by atoms with Gasteiger partial charge in [0, 0.05) is 0 Å². The summed E-state index contributed by atoms with van der Waals surface area (Å²) in [5.74, 6) is -2.51. The molecule has 3 unspecified atom stereocenters. The third-order valence-electron chi connectivity index (χ3n) is 3.35. The van der Waals surface area contributed by atoms with E-state index >= 15 is 0 Å². The van der Waals surface area contributed by atoms with Gasteiger partial charge in [-0.05, 0) is 0 Å². The van der Waals surface area contributed by atoms with Crippen LogP contribution < -0.4 is 0 Å². The molecule has 0 amide bonds. The Morgan fingerprint density at radius 1 is 1.19 bits per heavy atom. The number of hydrogen-bond donors (Lipinski definition) is 3. The molecule has 0 saturated carbocycles. The second-order valence-electron chi connectivity index (χ2n) is 5.09. The molecule has 0 saturated heterocycles. The largest absolute Gasteiger partial charge is 0.481 e. The summed E-state index contributed by atoms with van der Waals surface area (Å²) in [6.45, 7) is 6.98. The van der Waals surface area contributed by atoms with E-state index in [1.54, 1.807) is 0 Å². The molecule has 0 aromatic rings. The average Bonchev–Trinajstić information content (AvgIpc) is 2.34. The van der Waals surface area contributed by atoms with Crippen molar-refractivity contribution in [1.29, 1.82) is 0 Å². The molecule has 3 atom stereocenters. The third kappa shape index (κ3) is 12.1. The van der Waals surface area contributed by atoms with Crippen molar-refractivity contribution in [2.75, 3.05) is 0 Å². The summed E-state index contributed by atoms with van der Waals surface area (Å²) in [7, 11) is -4.84. The molecule has 0 radical (unpaired) electrons. The first-order chi connectivity index (χ1) is 9.47. The van der Waals surface area contributed by atoms with Gasteiger partial charge in [-0.1, -0.05) is 0 Å². The Labute approximate surface area is 143 Å². The van der Waals surface area contributed by atoms with E-state index in [1.807, 2.05) is 0 Å². The summed E-state index contributed by atoms with van der Waals surface area (Å²) in [6, 6.07) is 0. The molecule has 120 valence electrons. The minimum absolute atomic E-state index is 0.992. The average molecular weight is 334 g/mol. The summed E-state index contributed by atoms with van der Waals surface area (Å²) in [5, 5.41) is 13.9. The van der Waals surface area contributed by atoms with Gasteiger partial charge in [-0.3, -0.25) is 14.1 Å². The first-order valence-corrected chi connectivity index (χ1v) is 9.53. The maximum absolute atomic E-state index is 10.2. The second kappa shape index (κ2) is 11.4. The van der Waals surface area contributed by atoms with Crippen molar-refractivity contribution >= 4 is 50.0 Å². The van der Waals surface area contributed by atoms with E-state index in [9.17, 15) is 18.0 Å². The molecule has 7 nitrogen and oxygen atoms in total. The van der Waals surface area contributed by atoms with Crippen LogP contribution in [0, 0.1) is 5.92 Å². The molecule has 0 aromatic heterocycles. The zero-order chi connectivity index (χ0) is 17.2. The first-order valence-electron chi connectivity index (χ1n) is 6.88. The SMILES string of the molecule is CCCC(C)[CH]([Na])CC.O=C(O)CC(C(=O)O)S(=O)(=O)O. The predicted octanol–water partition coefficient (Wildman–Crippen LogP) is 1.59. The van der Waals surface area contributed by atoms with Crippen molar-refractivity contribution in [2.24, 2.45) is 5.92 Å². The molecule has 0 bridgehead atoms. The number of carbonyl (C=O) groups is 2. The maximum atomic E-state index is 10.2. The van der Waals surface area contributed by atoms with Gasteiger partial charge in [0.2, 0.25) is 0 Å². The van der Waals surface area contributed by atoms with Crippen LogP contribution in [0.3, 0.4) is 0 Å². The fourth-order valence-corrected chi connectivity index (χ4v) is 2.56. The fraction of sp³-hybridized carbons (Fsp3) is 0.833. The molecule has 0 aromatic carbocycles. The topological polar surface area (TPSA) is 129 Å². The van der Waals surface area contributed by atoms with E-state index in [-0.39, 0.29) is 0 Å². The van der Waals surface area contributed by atoms with Gasteiger partial charge in [-0.25, -0.2) is 0 Å². The van der Waals surface area contributed by atoms with Crippen LogP contribution in [0.5, 0.6) is 0 Å². The Bertz CT molecular complexity index is 421. The summed E-state index contributed by atoms with van der Waals surface area (Å²) >= 11 is 1.39. The van der Waals surface area contributed by atoms with Crippen LogP contribution in [0.2, 0.25) is 3.17 Å². The van der Waals surface area contributed by atoms with Crippen LogP contribution in [0.15, 0.2) is 0 Å². The molecule has 0 spiro atoms. The Kier molecular flexibility index (Phi) is 12.6. The molecule has 0 aliphatic rings. The van der Waals surface area contributed by atoms with E-state index in [4.69, 9.17) is 14.8 Å². The van der Waals surface area contributed by atoms with Crippen LogP contribution in [0.25, 0.3) is 0 Å². The zero-order valence-corrected chi connectivity index (χ0v) is 15.8. The smallest absolute Gasteiger partial charge is 0.325 e. The van der Waals surface area contributed by atoms with Gasteiger partial charge in [-0.2, -0.15) is 8.42 Å². The number of aliphatic carboxylic acids is 2. The predicted molar refractivity (Wildman–Crippen MR) is 79.1 cm³/mol. The molecule has 21 heavy (non-hydrogen) atoms. The van der Waals surface area contributed by atoms with Gasteiger partial charge >= 0.3 is 89.0 Å². The second-order valence-corrected chi connectivity index (χ2v) is 8.17. The van der Waals surface area contributed by atoms with Crippen molar-refractivity contribution < 1.29 is 32.8 Å². The number of carboxylic acids is 2. The summed E-state index contributed by atoms with van der Waals surface area (Å²) in [5.41, 5.74) is 0. The van der Waals surface area contributed by atoms with Gasteiger partial charge < -0.3 is 10.2 Å². The monoisotopic (exact) mass is 334 g/mol. The summed E-state index contributed by atoms with van der Waals surface area (Å²) < 4.78 is 29.7. The molecular weight excluding hydrogens is 311 g/mol. The van der Waals surface area contributed by atoms with Gasteiger partial charge in [0.05, 0.1) is 6.42 Å². The van der Waals surface area contributed by atoms with Crippen molar-refractivity contribution in [3.8, 4) is 0 Å². The molecule has 3 N–H and O–H groups in total. The van der Waals surface area contributed by atoms with Crippen LogP contribution in [0.4, 0.5) is 0 Å². The summed E-state index contributed by atoms with van der Waals surface area (Å²) in [4.78, 5) is 20.0. The van der Waals surface area contributed by atoms with E-state index in [1.165, 1.54) is 47.2 Å². The Hall–Kier alpha value is -0.150. The molecule has 0 rings (SSSR count). The van der Waals surface area contributed by atoms with E-state index in [2.05, 4.69) is 20.8 Å². The first kappa shape index (κ1) is 23.1. The number of carboxylic acid groups (broad SMARTS) is 2. The Morgan fingerprint density at radius 2 is 1.67 bits per heavy atom. The van der Waals surface area contributed by atoms with Crippen LogP contribution in [0.1, 0.15) is 46.5 Å². The molecule has 0 heterocycles. The van der Waals surface area contributed by atoms with Gasteiger partial charge in [0.15, 0.2) is 5.25 Å². The van der Waals surface area contributed by atoms with Crippen LogP contribution >= 0.6 is 0 Å². The molecule has 0 fully saturated rings. The molecular formula is C12H23NaO7S. The third-order valence-corrected chi connectivity index (χ3v) is 6.40. The molecule has 0 aliphatic carbocycles.